The lowest BCUT2D eigenvalue weighted by atomic mass is 9.82. The van der Waals surface area contributed by atoms with E-state index in [1.165, 1.54) is 0 Å². The van der Waals surface area contributed by atoms with Crippen LogP contribution in [0.3, 0.4) is 0 Å². The molecule has 0 bridgehead atoms. The first-order chi connectivity index (χ1) is 10.4. The Bertz CT molecular complexity index is 645. The van der Waals surface area contributed by atoms with Gasteiger partial charge >= 0.3 is 5.97 Å². The number of rotatable bonds is 4. The Kier molecular flexibility index (Phi) is 4.49. The van der Waals surface area contributed by atoms with Crippen molar-refractivity contribution < 1.29 is 14.3 Å². The third-order valence-corrected chi connectivity index (χ3v) is 3.68. The quantitative estimate of drug-likeness (QED) is 0.856. The second-order valence-corrected chi connectivity index (χ2v) is 5.51. The molecule has 0 fully saturated rings. The zero-order chi connectivity index (χ0) is 16.3. The molecule has 2 atom stereocenters. The van der Waals surface area contributed by atoms with Gasteiger partial charge in [0.15, 0.2) is 0 Å². The predicted molar refractivity (Wildman–Crippen MR) is 82.2 cm³/mol. The molecule has 2 rings (SSSR count). The second-order valence-electron chi connectivity index (χ2n) is 5.51. The molecule has 0 aromatic carbocycles. The number of amides is 1. The van der Waals surface area contributed by atoms with Crippen molar-refractivity contribution in [1.82, 2.24) is 15.1 Å². The summed E-state index contributed by atoms with van der Waals surface area (Å²) >= 11 is 0. The smallest absolute Gasteiger partial charge is 0.315 e. The van der Waals surface area contributed by atoms with Crippen molar-refractivity contribution in [3.8, 4) is 0 Å². The van der Waals surface area contributed by atoms with Gasteiger partial charge in [-0.1, -0.05) is 24.3 Å². The molecule has 0 saturated carbocycles. The van der Waals surface area contributed by atoms with E-state index < -0.39 is 11.5 Å². The fraction of sp³-hybridized carbons (Fsp3) is 0.438. The number of aromatic nitrogens is 2. The Morgan fingerprint density at radius 2 is 2.18 bits per heavy atom. The Hall–Kier alpha value is -2.37. The number of nitrogens with zero attached hydrogens (tertiary/aromatic N) is 2. The van der Waals surface area contributed by atoms with Crippen molar-refractivity contribution in [2.45, 2.75) is 26.3 Å². The summed E-state index contributed by atoms with van der Waals surface area (Å²) in [5.74, 6) is -1.17. The molecule has 6 nitrogen and oxygen atoms in total. The SMILES string of the molecule is CCOC(=O)C1C=CC=CC1(C)NC(=O)c1cn(C)nc1C. The Balaban J connectivity index is 2.23. The van der Waals surface area contributed by atoms with E-state index in [1.807, 2.05) is 6.08 Å². The molecule has 1 aromatic rings. The molecule has 0 aliphatic heterocycles. The summed E-state index contributed by atoms with van der Waals surface area (Å²) in [6.45, 7) is 5.64. The lowest BCUT2D eigenvalue weighted by Gasteiger charge is -2.34. The van der Waals surface area contributed by atoms with Crippen LogP contribution in [0.25, 0.3) is 0 Å². The van der Waals surface area contributed by atoms with E-state index in [-0.39, 0.29) is 11.9 Å². The van der Waals surface area contributed by atoms with Crippen LogP contribution in [0.2, 0.25) is 0 Å². The third kappa shape index (κ3) is 3.10. The number of carbonyl (C=O) groups excluding carboxylic acids is 2. The van der Waals surface area contributed by atoms with Gasteiger partial charge in [-0.3, -0.25) is 14.3 Å². The summed E-state index contributed by atoms with van der Waals surface area (Å²) in [4.78, 5) is 24.6. The standard InChI is InChI=1S/C16H21N3O3/c1-5-22-15(21)13-8-6-7-9-16(13,3)17-14(20)12-10-19(4)18-11(12)2/h6-10,13H,5H2,1-4H3,(H,17,20). The number of hydrogen-bond donors (Lipinski definition) is 1. The molecule has 1 aliphatic carbocycles. The van der Waals surface area contributed by atoms with Gasteiger partial charge in [-0.25, -0.2) is 0 Å². The highest BCUT2D eigenvalue weighted by Gasteiger charge is 2.39. The number of esters is 1. The Labute approximate surface area is 129 Å². The van der Waals surface area contributed by atoms with Crippen LogP contribution in [-0.4, -0.2) is 33.8 Å². The summed E-state index contributed by atoms with van der Waals surface area (Å²) in [6.07, 6.45) is 8.80. The third-order valence-electron chi connectivity index (χ3n) is 3.68. The fourth-order valence-corrected chi connectivity index (χ4v) is 2.54. The topological polar surface area (TPSA) is 73.2 Å². The van der Waals surface area contributed by atoms with Gasteiger partial charge in [-0.2, -0.15) is 5.10 Å². The highest BCUT2D eigenvalue weighted by Crippen LogP contribution is 2.26. The zero-order valence-electron chi connectivity index (χ0n) is 13.3. The zero-order valence-corrected chi connectivity index (χ0v) is 13.3. The van der Waals surface area contributed by atoms with Gasteiger partial charge in [-0.05, 0) is 20.8 Å². The number of allylic oxidation sites excluding steroid dienone is 2. The maximum atomic E-state index is 12.5. The number of aryl methyl sites for hydroxylation is 2. The van der Waals surface area contributed by atoms with Crippen molar-refractivity contribution in [3.05, 3.63) is 41.8 Å². The van der Waals surface area contributed by atoms with E-state index in [9.17, 15) is 9.59 Å². The maximum Gasteiger partial charge on any atom is 0.315 e. The minimum Gasteiger partial charge on any atom is -0.465 e. The van der Waals surface area contributed by atoms with Crippen LogP contribution in [0.5, 0.6) is 0 Å². The molecule has 1 amide bonds. The minimum absolute atomic E-state index is 0.262. The van der Waals surface area contributed by atoms with Crippen LogP contribution in [0.4, 0.5) is 0 Å². The number of carbonyl (C=O) groups is 2. The first-order valence-corrected chi connectivity index (χ1v) is 7.23. The van der Waals surface area contributed by atoms with E-state index in [1.54, 1.807) is 56.9 Å². The summed E-state index contributed by atoms with van der Waals surface area (Å²) < 4.78 is 6.69. The van der Waals surface area contributed by atoms with Crippen LogP contribution < -0.4 is 5.32 Å². The average Bonchev–Trinajstić information content (AvgIpc) is 2.78. The van der Waals surface area contributed by atoms with Gasteiger partial charge in [0.25, 0.3) is 5.91 Å². The first kappa shape index (κ1) is 16.0. The van der Waals surface area contributed by atoms with Crippen molar-refractivity contribution in [1.29, 1.82) is 0 Å². The normalized spacial score (nSPS) is 23.4. The summed E-state index contributed by atoms with van der Waals surface area (Å²) in [5, 5.41) is 7.09. The summed E-state index contributed by atoms with van der Waals surface area (Å²) in [6, 6.07) is 0. The van der Waals surface area contributed by atoms with Crippen molar-refractivity contribution in [2.24, 2.45) is 13.0 Å². The molecule has 1 N–H and O–H groups in total. The average molecular weight is 303 g/mol. The largest absolute Gasteiger partial charge is 0.465 e. The molecule has 118 valence electrons. The molecular weight excluding hydrogens is 282 g/mol. The van der Waals surface area contributed by atoms with E-state index >= 15 is 0 Å². The summed E-state index contributed by atoms with van der Waals surface area (Å²) in [5.41, 5.74) is 0.307. The van der Waals surface area contributed by atoms with Crippen LogP contribution in [0.15, 0.2) is 30.5 Å². The van der Waals surface area contributed by atoms with E-state index in [4.69, 9.17) is 4.74 Å². The second kappa shape index (κ2) is 6.17. The first-order valence-electron chi connectivity index (χ1n) is 7.23. The van der Waals surface area contributed by atoms with Crippen LogP contribution in [0, 0.1) is 12.8 Å². The van der Waals surface area contributed by atoms with Crippen molar-refractivity contribution in [2.75, 3.05) is 6.61 Å². The molecule has 1 aromatic heterocycles. The lowest BCUT2D eigenvalue weighted by molar-refractivity contribution is -0.147. The molecule has 0 radical (unpaired) electrons. The van der Waals surface area contributed by atoms with Crippen LogP contribution in [-0.2, 0) is 16.6 Å². The van der Waals surface area contributed by atoms with Crippen molar-refractivity contribution >= 4 is 11.9 Å². The van der Waals surface area contributed by atoms with Gasteiger partial charge < -0.3 is 10.1 Å². The fourth-order valence-electron chi connectivity index (χ4n) is 2.54. The molecule has 1 heterocycles. The van der Waals surface area contributed by atoms with E-state index in [0.717, 1.165) is 0 Å². The van der Waals surface area contributed by atoms with E-state index in [2.05, 4.69) is 10.4 Å². The maximum absolute atomic E-state index is 12.5. The highest BCUT2D eigenvalue weighted by atomic mass is 16.5. The predicted octanol–water partition coefficient (Wildman–Crippen LogP) is 1.52. The molecule has 0 spiro atoms. The van der Waals surface area contributed by atoms with Gasteiger partial charge in [-0.15, -0.1) is 0 Å². The van der Waals surface area contributed by atoms with Crippen molar-refractivity contribution in [3.63, 3.8) is 0 Å². The van der Waals surface area contributed by atoms with Gasteiger partial charge in [0, 0.05) is 13.2 Å². The Morgan fingerprint density at radius 3 is 2.77 bits per heavy atom. The number of ether oxygens (including phenoxy) is 1. The van der Waals surface area contributed by atoms with Gasteiger partial charge in [0.2, 0.25) is 0 Å². The molecule has 2 unspecified atom stereocenters. The van der Waals surface area contributed by atoms with Gasteiger partial charge in [0.05, 0.1) is 23.4 Å². The lowest BCUT2D eigenvalue weighted by Crippen LogP contribution is -2.53. The van der Waals surface area contributed by atoms with Crippen LogP contribution >= 0.6 is 0 Å². The molecular formula is C16H21N3O3. The highest BCUT2D eigenvalue weighted by molar-refractivity contribution is 5.96. The molecule has 0 saturated heterocycles. The number of hydrogen-bond acceptors (Lipinski definition) is 4. The number of nitrogens with one attached hydrogen (secondary N) is 1. The Morgan fingerprint density at radius 1 is 1.45 bits per heavy atom. The monoisotopic (exact) mass is 303 g/mol. The molecule has 6 heteroatoms. The van der Waals surface area contributed by atoms with Crippen LogP contribution in [0.1, 0.15) is 29.9 Å². The van der Waals surface area contributed by atoms with E-state index in [0.29, 0.717) is 17.9 Å². The molecule has 22 heavy (non-hydrogen) atoms. The van der Waals surface area contributed by atoms with Gasteiger partial charge in [0.1, 0.15) is 5.92 Å². The molecule has 1 aliphatic rings. The minimum atomic E-state index is -0.833. The summed E-state index contributed by atoms with van der Waals surface area (Å²) in [7, 11) is 1.76.